The van der Waals surface area contributed by atoms with E-state index < -0.39 is 17.8 Å². The van der Waals surface area contributed by atoms with Gasteiger partial charge in [-0.3, -0.25) is 15.0 Å². The SMILES string of the molecule is C#Cc1cnc2c(Cl)cc(N[C@H](C3=CN(C4(C(F)(F)F)CC4)NN3)c3ccc4cccnc4c3)cc2c1NCC(C)(C)C. The maximum Gasteiger partial charge on any atom is 0.413 e. The molecule has 1 atom stereocenters. The lowest BCUT2D eigenvalue weighted by molar-refractivity contribution is -0.195. The highest BCUT2D eigenvalue weighted by atomic mass is 35.5. The number of alkyl halides is 3. The molecular weight excluding hydrogens is 575 g/mol. The molecule has 6 rings (SSSR count). The molecule has 3 heterocycles. The quantitative estimate of drug-likeness (QED) is 0.165. The van der Waals surface area contributed by atoms with E-state index in [1.807, 2.05) is 36.4 Å². The number of fused-ring (bicyclic) bond motifs is 2. The average Bonchev–Trinajstić information content (AvgIpc) is 3.65. The smallest absolute Gasteiger partial charge is 0.383 e. The van der Waals surface area contributed by atoms with E-state index in [4.69, 9.17) is 18.0 Å². The molecule has 0 bridgehead atoms. The Morgan fingerprint density at radius 1 is 1.14 bits per heavy atom. The van der Waals surface area contributed by atoms with E-state index in [0.717, 1.165) is 32.5 Å². The molecule has 0 spiro atoms. The maximum absolute atomic E-state index is 13.9. The van der Waals surface area contributed by atoms with Gasteiger partial charge in [0.1, 0.15) is 0 Å². The number of halogens is 4. The fraction of sp³-hybridized carbons (Fsp3) is 0.312. The van der Waals surface area contributed by atoms with Gasteiger partial charge in [-0.25, -0.2) is 0 Å². The Morgan fingerprint density at radius 2 is 1.93 bits per heavy atom. The molecule has 2 aromatic carbocycles. The lowest BCUT2D eigenvalue weighted by Crippen LogP contribution is -2.52. The molecule has 2 aliphatic rings. The Kier molecular flexibility index (Phi) is 7.06. The Balaban J connectivity index is 1.44. The minimum Gasteiger partial charge on any atom is -0.383 e. The molecule has 1 saturated carbocycles. The van der Waals surface area contributed by atoms with E-state index in [1.165, 1.54) is 6.20 Å². The first-order valence-corrected chi connectivity index (χ1v) is 14.3. The molecule has 4 N–H and O–H groups in total. The molecule has 2 aromatic heterocycles. The predicted molar refractivity (Wildman–Crippen MR) is 165 cm³/mol. The van der Waals surface area contributed by atoms with Crippen molar-refractivity contribution in [2.75, 3.05) is 17.2 Å². The third-order valence-corrected chi connectivity index (χ3v) is 8.05. The third-order valence-electron chi connectivity index (χ3n) is 7.76. The maximum atomic E-state index is 13.9. The summed E-state index contributed by atoms with van der Waals surface area (Å²) in [6.07, 6.45) is 6.30. The summed E-state index contributed by atoms with van der Waals surface area (Å²) in [5.74, 6) is 2.71. The van der Waals surface area contributed by atoms with Gasteiger partial charge in [0.25, 0.3) is 0 Å². The number of hydrazine groups is 2. The number of rotatable bonds is 7. The van der Waals surface area contributed by atoms with E-state index >= 15 is 0 Å². The van der Waals surface area contributed by atoms with Crippen molar-refractivity contribution in [2.24, 2.45) is 5.41 Å². The topological polar surface area (TPSA) is 77.1 Å². The van der Waals surface area contributed by atoms with Crippen LogP contribution in [0.5, 0.6) is 0 Å². The zero-order valence-electron chi connectivity index (χ0n) is 23.9. The number of nitrogens with zero attached hydrogens (tertiary/aromatic N) is 3. The van der Waals surface area contributed by atoms with E-state index in [-0.39, 0.29) is 18.3 Å². The summed E-state index contributed by atoms with van der Waals surface area (Å²) in [4.78, 5) is 9.00. The zero-order valence-corrected chi connectivity index (χ0v) is 24.7. The first kappa shape index (κ1) is 28.9. The molecule has 0 amide bonds. The lowest BCUT2D eigenvalue weighted by Gasteiger charge is -2.28. The van der Waals surface area contributed by atoms with E-state index in [0.29, 0.717) is 34.0 Å². The van der Waals surface area contributed by atoms with Crippen molar-refractivity contribution in [3.05, 3.63) is 82.9 Å². The third kappa shape index (κ3) is 5.51. The molecule has 0 saturated heterocycles. The molecule has 1 fully saturated rings. The van der Waals surface area contributed by atoms with Crippen molar-refractivity contribution in [1.82, 2.24) is 25.9 Å². The summed E-state index contributed by atoms with van der Waals surface area (Å²) in [6.45, 7) is 7.01. The molecule has 43 heavy (non-hydrogen) atoms. The predicted octanol–water partition coefficient (Wildman–Crippen LogP) is 7.29. The molecule has 0 radical (unpaired) electrons. The van der Waals surface area contributed by atoms with Gasteiger partial charge in [0.2, 0.25) is 0 Å². The van der Waals surface area contributed by atoms with Crippen molar-refractivity contribution in [1.29, 1.82) is 0 Å². The van der Waals surface area contributed by atoms with Crippen LogP contribution in [0.3, 0.4) is 0 Å². The van der Waals surface area contributed by atoms with E-state index in [9.17, 15) is 13.2 Å². The lowest BCUT2D eigenvalue weighted by atomic mass is 9.96. The van der Waals surface area contributed by atoms with Crippen molar-refractivity contribution in [3.63, 3.8) is 0 Å². The van der Waals surface area contributed by atoms with Gasteiger partial charge in [0.05, 0.1) is 39.0 Å². The van der Waals surface area contributed by atoms with Crippen molar-refractivity contribution in [2.45, 2.75) is 51.4 Å². The van der Waals surface area contributed by atoms with E-state index in [2.05, 4.69) is 58.3 Å². The number of anilines is 2. The van der Waals surface area contributed by atoms with Gasteiger partial charge in [0, 0.05) is 41.6 Å². The fourth-order valence-electron chi connectivity index (χ4n) is 5.25. The largest absolute Gasteiger partial charge is 0.413 e. The first-order valence-electron chi connectivity index (χ1n) is 13.9. The van der Waals surface area contributed by atoms with Crippen LogP contribution in [0.1, 0.15) is 50.8 Å². The fourth-order valence-corrected chi connectivity index (χ4v) is 5.52. The Hall–Kier alpha value is -4.20. The molecule has 11 heteroatoms. The van der Waals surface area contributed by atoms with Gasteiger partial charge in [-0.1, -0.05) is 56.5 Å². The molecule has 7 nitrogen and oxygen atoms in total. The molecule has 0 unspecified atom stereocenters. The Bertz CT molecular complexity index is 1780. The minimum atomic E-state index is -4.38. The number of hydrogen-bond acceptors (Lipinski definition) is 7. The minimum absolute atomic E-state index is 0.0160. The van der Waals surface area contributed by atoms with Gasteiger partial charge >= 0.3 is 6.18 Å². The summed E-state index contributed by atoms with van der Waals surface area (Å²) < 4.78 is 41.8. The number of aromatic nitrogens is 2. The van der Waals surface area contributed by atoms with Crippen LogP contribution in [-0.4, -0.2) is 33.2 Å². The number of hydrogen-bond donors (Lipinski definition) is 4. The molecule has 1 aliphatic carbocycles. The molecule has 222 valence electrons. The van der Waals surface area contributed by atoms with Gasteiger partial charge in [-0.2, -0.15) is 13.2 Å². The number of terminal acetylenes is 1. The van der Waals surface area contributed by atoms with Crippen LogP contribution in [0.2, 0.25) is 5.02 Å². The van der Waals surface area contributed by atoms with Crippen LogP contribution in [-0.2, 0) is 0 Å². The second kappa shape index (κ2) is 10.5. The monoisotopic (exact) mass is 605 g/mol. The second-order valence-corrected chi connectivity index (χ2v) is 12.6. The summed E-state index contributed by atoms with van der Waals surface area (Å²) in [5.41, 5.74) is 8.38. The van der Waals surface area contributed by atoms with Gasteiger partial charge in [-0.05, 0) is 48.1 Å². The van der Waals surface area contributed by atoms with E-state index in [1.54, 1.807) is 18.5 Å². The van der Waals surface area contributed by atoms with Gasteiger partial charge in [0.15, 0.2) is 5.54 Å². The summed E-state index contributed by atoms with van der Waals surface area (Å²) >= 11 is 6.76. The van der Waals surface area contributed by atoms with Crippen molar-refractivity contribution in [3.8, 4) is 12.3 Å². The standard InChI is InChI=1S/C32H31ClF3N7/c1-5-19-16-38-29-23(27(19)39-18-30(2,3)4)14-22(15-24(29)33)40-28(21-9-8-20-7-6-12-37-25(20)13-21)26-17-43(42-41-26)31(10-11-31)32(34,35)36/h1,6-9,12-17,28,40-42H,10-11,18H2,2-4H3,(H,38,39)/t28-/m0/s1. The van der Waals surface area contributed by atoms with Crippen LogP contribution >= 0.6 is 11.6 Å². The normalized spacial score (nSPS) is 16.9. The Morgan fingerprint density at radius 3 is 2.63 bits per heavy atom. The number of pyridine rings is 2. The average molecular weight is 606 g/mol. The summed E-state index contributed by atoms with van der Waals surface area (Å²) in [6, 6.07) is 12.7. The molecule has 4 aromatic rings. The van der Waals surface area contributed by atoms with Crippen LogP contribution in [0.4, 0.5) is 24.5 Å². The Labute approximate surface area is 252 Å². The molecular formula is C32H31ClF3N7. The number of benzene rings is 2. The summed E-state index contributed by atoms with van der Waals surface area (Å²) in [7, 11) is 0. The first-order chi connectivity index (χ1) is 20.4. The highest BCUT2D eigenvalue weighted by Gasteiger charge is 2.67. The number of nitrogens with one attached hydrogen (secondary N) is 4. The zero-order chi connectivity index (χ0) is 30.6. The van der Waals surface area contributed by atoms with Crippen LogP contribution in [0, 0.1) is 17.8 Å². The van der Waals surface area contributed by atoms with Crippen molar-refractivity contribution >= 4 is 44.8 Å². The highest BCUT2D eigenvalue weighted by Crippen LogP contribution is 2.53. The van der Waals surface area contributed by atoms with Crippen LogP contribution in [0.15, 0.2) is 66.8 Å². The molecule has 1 aliphatic heterocycles. The van der Waals surface area contributed by atoms with Gasteiger partial charge in [-0.15, -0.1) is 12.0 Å². The highest BCUT2D eigenvalue weighted by molar-refractivity contribution is 6.35. The van der Waals surface area contributed by atoms with Crippen LogP contribution in [0.25, 0.3) is 21.8 Å². The van der Waals surface area contributed by atoms with Crippen LogP contribution < -0.4 is 21.6 Å². The van der Waals surface area contributed by atoms with Crippen molar-refractivity contribution < 1.29 is 13.2 Å². The van der Waals surface area contributed by atoms with Gasteiger partial charge < -0.3 is 16.1 Å². The second-order valence-electron chi connectivity index (χ2n) is 12.2. The summed E-state index contributed by atoms with van der Waals surface area (Å²) in [5, 5.41) is 10.2.